The second-order valence-corrected chi connectivity index (χ2v) is 9.56. The number of Topliss-reactive ketones (excluding diaryl/α,β-unsaturated/α-hetero) is 1. The lowest BCUT2D eigenvalue weighted by Gasteiger charge is -2.36. The van der Waals surface area contributed by atoms with Crippen LogP contribution < -0.4 is 10.1 Å². The third-order valence-electron chi connectivity index (χ3n) is 6.51. The molecule has 184 valence electrons. The Bertz CT molecular complexity index is 1150. The summed E-state index contributed by atoms with van der Waals surface area (Å²) in [6, 6.07) is 15.4. The number of dihydropyridines is 1. The Balaban J connectivity index is 1.73. The molecule has 0 aromatic heterocycles. The highest BCUT2D eigenvalue weighted by molar-refractivity contribution is 6.30. The van der Waals surface area contributed by atoms with Crippen LogP contribution in [0.25, 0.3) is 0 Å². The van der Waals surface area contributed by atoms with E-state index in [4.69, 9.17) is 21.1 Å². The second kappa shape index (κ2) is 11.1. The van der Waals surface area contributed by atoms with Gasteiger partial charge in [0.25, 0.3) is 0 Å². The van der Waals surface area contributed by atoms with E-state index in [1.54, 1.807) is 0 Å². The van der Waals surface area contributed by atoms with Crippen LogP contribution in [0.1, 0.15) is 69.4 Å². The van der Waals surface area contributed by atoms with E-state index in [9.17, 15) is 9.59 Å². The normalized spacial score (nSPS) is 19.8. The van der Waals surface area contributed by atoms with Gasteiger partial charge in [-0.2, -0.15) is 0 Å². The zero-order valence-corrected chi connectivity index (χ0v) is 21.3. The van der Waals surface area contributed by atoms with Crippen molar-refractivity contribution in [3.05, 3.63) is 87.2 Å². The predicted octanol–water partition coefficient (Wildman–Crippen LogP) is 6.44. The molecular formula is C29H32ClNO4. The molecule has 35 heavy (non-hydrogen) atoms. The van der Waals surface area contributed by atoms with Gasteiger partial charge in [0.1, 0.15) is 5.75 Å². The van der Waals surface area contributed by atoms with Gasteiger partial charge in [-0.15, -0.1) is 0 Å². The second-order valence-electron chi connectivity index (χ2n) is 9.12. The zero-order chi connectivity index (χ0) is 24.9. The summed E-state index contributed by atoms with van der Waals surface area (Å²) in [5.41, 5.74) is 4.72. The molecule has 1 N–H and O–H groups in total. The first-order valence-corrected chi connectivity index (χ1v) is 12.7. The molecule has 5 nitrogen and oxygen atoms in total. The molecule has 2 atom stereocenters. The number of allylic oxidation sites excluding steroid dienone is 3. The molecular weight excluding hydrogens is 462 g/mol. The van der Waals surface area contributed by atoms with Crippen molar-refractivity contribution in [3.8, 4) is 5.75 Å². The van der Waals surface area contributed by atoms with E-state index in [-0.39, 0.29) is 17.7 Å². The Morgan fingerprint density at radius 3 is 2.29 bits per heavy atom. The third-order valence-corrected chi connectivity index (χ3v) is 6.76. The minimum atomic E-state index is -0.477. The van der Waals surface area contributed by atoms with Gasteiger partial charge in [0.2, 0.25) is 0 Å². The van der Waals surface area contributed by atoms with Crippen molar-refractivity contribution in [3.63, 3.8) is 0 Å². The van der Waals surface area contributed by atoms with Crippen molar-refractivity contribution in [1.82, 2.24) is 5.32 Å². The van der Waals surface area contributed by atoms with Crippen LogP contribution >= 0.6 is 11.6 Å². The number of carbonyl (C=O) groups is 2. The average molecular weight is 494 g/mol. The molecule has 0 bridgehead atoms. The molecule has 1 heterocycles. The summed E-state index contributed by atoms with van der Waals surface area (Å²) in [7, 11) is 0. The maximum absolute atomic E-state index is 13.6. The highest BCUT2D eigenvalue weighted by atomic mass is 35.5. The first-order chi connectivity index (χ1) is 16.9. The van der Waals surface area contributed by atoms with Gasteiger partial charge in [-0.25, -0.2) is 4.79 Å². The van der Waals surface area contributed by atoms with Gasteiger partial charge < -0.3 is 14.8 Å². The maximum Gasteiger partial charge on any atom is 0.336 e. The van der Waals surface area contributed by atoms with Gasteiger partial charge in [0.05, 0.1) is 18.8 Å². The molecule has 2 aromatic carbocycles. The molecule has 0 saturated carbocycles. The summed E-state index contributed by atoms with van der Waals surface area (Å²) in [4.78, 5) is 26.8. The summed E-state index contributed by atoms with van der Waals surface area (Å²) in [6.45, 7) is 6.88. The van der Waals surface area contributed by atoms with Crippen LogP contribution in [-0.4, -0.2) is 25.0 Å². The van der Waals surface area contributed by atoms with E-state index in [1.807, 2.05) is 62.4 Å². The van der Waals surface area contributed by atoms with Crippen molar-refractivity contribution in [1.29, 1.82) is 0 Å². The zero-order valence-electron chi connectivity index (χ0n) is 20.5. The van der Waals surface area contributed by atoms with E-state index in [1.165, 1.54) is 0 Å². The summed E-state index contributed by atoms with van der Waals surface area (Å²) in [6.07, 6.45) is 2.72. The average Bonchev–Trinajstić information content (AvgIpc) is 2.85. The molecule has 0 saturated heterocycles. The van der Waals surface area contributed by atoms with Gasteiger partial charge in [-0.1, -0.05) is 49.7 Å². The smallest absolute Gasteiger partial charge is 0.336 e. The molecule has 6 heteroatoms. The molecule has 2 aliphatic rings. The van der Waals surface area contributed by atoms with E-state index in [0.717, 1.165) is 41.1 Å². The number of hydrogen-bond donors (Lipinski definition) is 1. The van der Waals surface area contributed by atoms with Crippen LogP contribution in [0.15, 0.2) is 71.1 Å². The van der Waals surface area contributed by atoms with Gasteiger partial charge in [0.15, 0.2) is 5.78 Å². The lowest BCUT2D eigenvalue weighted by Crippen LogP contribution is -2.36. The van der Waals surface area contributed by atoms with Gasteiger partial charge in [-0.05, 0) is 67.5 Å². The number of hydrogen-bond acceptors (Lipinski definition) is 5. The predicted molar refractivity (Wildman–Crippen MR) is 138 cm³/mol. The first kappa shape index (κ1) is 25.1. The van der Waals surface area contributed by atoms with E-state index in [2.05, 4.69) is 12.2 Å². The SMILES string of the molecule is CCCOC(=O)C1=C(C)NC2=C(C(=O)C[C@H](c3ccc(Cl)cc3)C2)[C@@H]1c1ccc(OCCC)cc1. The van der Waals surface area contributed by atoms with Crippen LogP contribution in [0.2, 0.25) is 5.02 Å². The monoisotopic (exact) mass is 493 g/mol. The fourth-order valence-electron chi connectivity index (χ4n) is 4.86. The standard InChI is InChI=1S/C29H32ClNO4/c1-4-14-34-23-12-8-20(9-13-23)27-26(29(33)35-15-5-2)18(3)31-24-16-21(17-25(32)28(24)27)19-6-10-22(30)11-7-19/h6-13,21,27,31H,4-5,14-17H2,1-3H3/t21-,27-/m1/s1. The summed E-state index contributed by atoms with van der Waals surface area (Å²) >= 11 is 6.07. The van der Waals surface area contributed by atoms with E-state index in [0.29, 0.717) is 42.2 Å². The topological polar surface area (TPSA) is 64.6 Å². The lowest BCUT2D eigenvalue weighted by molar-refractivity contribution is -0.139. The Morgan fingerprint density at radius 1 is 0.971 bits per heavy atom. The van der Waals surface area contributed by atoms with Crippen molar-refractivity contribution >= 4 is 23.4 Å². The number of ketones is 1. The fourth-order valence-corrected chi connectivity index (χ4v) is 4.99. The molecule has 4 rings (SSSR count). The summed E-state index contributed by atoms with van der Waals surface area (Å²) in [5, 5.41) is 4.07. The van der Waals surface area contributed by atoms with Crippen molar-refractivity contribution in [2.45, 2.75) is 58.3 Å². The number of benzene rings is 2. The first-order valence-electron chi connectivity index (χ1n) is 12.3. The minimum absolute atomic E-state index is 0.0447. The maximum atomic E-state index is 13.6. The van der Waals surface area contributed by atoms with Crippen LogP contribution in [-0.2, 0) is 14.3 Å². The lowest BCUT2D eigenvalue weighted by atomic mass is 9.71. The molecule has 0 amide bonds. The quantitative estimate of drug-likeness (QED) is 0.428. The molecule has 2 aromatic rings. The Hall–Kier alpha value is -3.05. The number of carbonyl (C=O) groups excluding carboxylic acids is 2. The number of ether oxygens (including phenoxy) is 2. The van der Waals surface area contributed by atoms with Crippen molar-refractivity contribution < 1.29 is 19.1 Å². The van der Waals surface area contributed by atoms with Crippen molar-refractivity contribution in [2.75, 3.05) is 13.2 Å². The number of nitrogens with one attached hydrogen (secondary N) is 1. The molecule has 0 fully saturated rings. The number of rotatable bonds is 8. The molecule has 0 unspecified atom stereocenters. The summed E-state index contributed by atoms with van der Waals surface area (Å²) < 4.78 is 11.3. The van der Waals surface area contributed by atoms with Gasteiger partial charge in [-0.3, -0.25) is 4.79 Å². The largest absolute Gasteiger partial charge is 0.494 e. The van der Waals surface area contributed by atoms with E-state index < -0.39 is 5.92 Å². The summed E-state index contributed by atoms with van der Waals surface area (Å²) in [5.74, 6) is 0.00957. The number of esters is 1. The van der Waals surface area contributed by atoms with Crippen LogP contribution in [0, 0.1) is 0 Å². The minimum Gasteiger partial charge on any atom is -0.494 e. The molecule has 0 spiro atoms. The van der Waals surface area contributed by atoms with Crippen molar-refractivity contribution in [2.24, 2.45) is 0 Å². The Morgan fingerprint density at radius 2 is 1.63 bits per heavy atom. The van der Waals surface area contributed by atoms with Gasteiger partial charge >= 0.3 is 5.97 Å². The van der Waals surface area contributed by atoms with Gasteiger partial charge in [0, 0.05) is 34.3 Å². The number of halogens is 1. The molecule has 1 aliphatic heterocycles. The van der Waals surface area contributed by atoms with E-state index >= 15 is 0 Å². The van der Waals surface area contributed by atoms with Crippen LogP contribution in [0.3, 0.4) is 0 Å². The Kier molecular flexibility index (Phi) is 7.97. The van der Waals surface area contributed by atoms with Crippen LogP contribution in [0.4, 0.5) is 0 Å². The highest BCUT2D eigenvalue weighted by Crippen LogP contribution is 2.46. The Labute approximate surface area is 212 Å². The van der Waals surface area contributed by atoms with Crippen LogP contribution in [0.5, 0.6) is 5.75 Å². The highest BCUT2D eigenvalue weighted by Gasteiger charge is 2.41. The third kappa shape index (κ3) is 5.46. The molecule has 1 aliphatic carbocycles. The fraction of sp³-hybridized carbons (Fsp3) is 0.379. The molecule has 0 radical (unpaired) electrons.